The van der Waals surface area contributed by atoms with E-state index in [1.807, 2.05) is 18.3 Å². The van der Waals surface area contributed by atoms with Gasteiger partial charge in [0.15, 0.2) is 0 Å². The van der Waals surface area contributed by atoms with Crippen LogP contribution in [0.25, 0.3) is 0 Å². The fourth-order valence-corrected chi connectivity index (χ4v) is 3.92. The first kappa shape index (κ1) is 18.3. The predicted molar refractivity (Wildman–Crippen MR) is 95.1 cm³/mol. The van der Waals surface area contributed by atoms with Gasteiger partial charge in [0.05, 0.1) is 18.4 Å². The summed E-state index contributed by atoms with van der Waals surface area (Å²) in [5.41, 5.74) is 1.08. The molecule has 2 aliphatic rings. The highest BCUT2D eigenvalue weighted by molar-refractivity contribution is 5.76. The summed E-state index contributed by atoms with van der Waals surface area (Å²) in [4.78, 5) is 20.3. The molecule has 0 radical (unpaired) electrons. The van der Waals surface area contributed by atoms with Gasteiger partial charge < -0.3 is 14.4 Å². The summed E-state index contributed by atoms with van der Waals surface area (Å²) in [6, 6.07) is 6.05. The Labute approximate surface area is 150 Å². The number of nitrogens with zero attached hydrogens (tertiary/aromatic N) is 3. The monoisotopic (exact) mass is 347 g/mol. The lowest BCUT2D eigenvalue weighted by atomic mass is 9.73. The number of likely N-dealkylation sites (N-methyl/N-ethyl adjacent to an activating group) is 1. The summed E-state index contributed by atoms with van der Waals surface area (Å²) in [6.45, 7) is 4.36. The Morgan fingerprint density at radius 1 is 1.48 bits per heavy atom. The smallest absolute Gasteiger partial charge is 0.248 e. The Kier molecular flexibility index (Phi) is 6.04. The molecule has 3 rings (SSSR count). The van der Waals surface area contributed by atoms with E-state index in [1.54, 1.807) is 19.0 Å². The molecule has 0 N–H and O–H groups in total. The molecular formula is C19H29N3O3. The van der Waals surface area contributed by atoms with Crippen molar-refractivity contribution in [2.75, 3.05) is 47.0 Å². The average molecular weight is 347 g/mol. The highest BCUT2D eigenvalue weighted by Gasteiger charge is 2.46. The van der Waals surface area contributed by atoms with Gasteiger partial charge in [-0.1, -0.05) is 6.07 Å². The minimum Gasteiger partial charge on any atom is -0.377 e. The van der Waals surface area contributed by atoms with Gasteiger partial charge in [-0.15, -0.1) is 0 Å². The van der Waals surface area contributed by atoms with E-state index < -0.39 is 0 Å². The molecule has 138 valence electrons. The normalized spacial score (nSPS) is 26.9. The van der Waals surface area contributed by atoms with Crippen LogP contribution in [0.1, 0.15) is 25.0 Å². The molecule has 2 saturated heterocycles. The van der Waals surface area contributed by atoms with Gasteiger partial charge in [-0.25, -0.2) is 0 Å². The van der Waals surface area contributed by atoms with Crippen LogP contribution in [0, 0.1) is 5.41 Å². The number of pyridine rings is 1. The van der Waals surface area contributed by atoms with E-state index in [4.69, 9.17) is 9.47 Å². The highest BCUT2D eigenvalue weighted by Crippen LogP contribution is 2.40. The van der Waals surface area contributed by atoms with E-state index in [0.29, 0.717) is 6.61 Å². The lowest BCUT2D eigenvalue weighted by molar-refractivity contribution is -0.160. The van der Waals surface area contributed by atoms with Crippen molar-refractivity contribution in [1.82, 2.24) is 14.8 Å². The Balaban J connectivity index is 1.63. The molecule has 2 atom stereocenters. The zero-order chi connectivity index (χ0) is 17.7. The van der Waals surface area contributed by atoms with E-state index >= 15 is 0 Å². The maximum Gasteiger partial charge on any atom is 0.248 e. The standard InChI is InChI=1S/C19H29N3O3/c1-21(2)18(23)13-24-15-19-8-5-11-25-17(19)7-10-22(14-19)12-16-6-3-4-9-20-16/h3-4,6,9,17H,5,7-8,10-15H2,1-2H3/t17-,19+/m0/s1. The van der Waals surface area contributed by atoms with Gasteiger partial charge >= 0.3 is 0 Å². The summed E-state index contributed by atoms with van der Waals surface area (Å²) >= 11 is 0. The number of carbonyl (C=O) groups is 1. The van der Waals surface area contributed by atoms with Gasteiger partial charge in [0.2, 0.25) is 5.91 Å². The number of amides is 1. The van der Waals surface area contributed by atoms with Crippen LogP contribution in [0.3, 0.4) is 0 Å². The molecule has 2 fully saturated rings. The number of rotatable bonds is 6. The second kappa shape index (κ2) is 8.25. The first-order valence-electron chi connectivity index (χ1n) is 9.11. The lowest BCUT2D eigenvalue weighted by Gasteiger charge is -2.50. The quantitative estimate of drug-likeness (QED) is 0.782. The molecule has 0 aromatic carbocycles. The number of ether oxygens (including phenoxy) is 2. The molecule has 0 spiro atoms. The number of likely N-dealkylation sites (tertiary alicyclic amines) is 1. The SMILES string of the molecule is CN(C)C(=O)COC[C@]12CCCO[C@H]1CCN(Cc1ccccn1)C2. The van der Waals surface area contributed by atoms with Crippen molar-refractivity contribution in [2.45, 2.75) is 31.9 Å². The number of hydrogen-bond donors (Lipinski definition) is 0. The number of fused-ring (bicyclic) bond motifs is 1. The molecule has 0 saturated carbocycles. The minimum atomic E-state index is -0.0160. The molecule has 0 aliphatic carbocycles. The van der Waals surface area contributed by atoms with Crippen molar-refractivity contribution in [1.29, 1.82) is 0 Å². The van der Waals surface area contributed by atoms with Gasteiger partial charge in [0.1, 0.15) is 6.61 Å². The van der Waals surface area contributed by atoms with Crippen molar-refractivity contribution in [2.24, 2.45) is 5.41 Å². The van der Waals surface area contributed by atoms with Crippen LogP contribution in [0.4, 0.5) is 0 Å². The second-order valence-electron chi connectivity index (χ2n) is 7.43. The van der Waals surface area contributed by atoms with Crippen molar-refractivity contribution in [3.8, 4) is 0 Å². The fourth-order valence-electron chi connectivity index (χ4n) is 3.92. The second-order valence-corrected chi connectivity index (χ2v) is 7.43. The number of carbonyl (C=O) groups excluding carboxylic acids is 1. The molecule has 0 bridgehead atoms. The van der Waals surface area contributed by atoms with E-state index in [2.05, 4.69) is 16.0 Å². The van der Waals surface area contributed by atoms with Crippen LogP contribution in [0.5, 0.6) is 0 Å². The van der Waals surface area contributed by atoms with Crippen LogP contribution >= 0.6 is 0 Å². The van der Waals surface area contributed by atoms with E-state index in [9.17, 15) is 4.79 Å². The van der Waals surface area contributed by atoms with E-state index in [-0.39, 0.29) is 24.0 Å². The van der Waals surface area contributed by atoms with Crippen LogP contribution < -0.4 is 0 Å². The fraction of sp³-hybridized carbons (Fsp3) is 0.684. The zero-order valence-corrected chi connectivity index (χ0v) is 15.3. The van der Waals surface area contributed by atoms with Crippen molar-refractivity contribution in [3.63, 3.8) is 0 Å². The molecule has 1 amide bonds. The average Bonchev–Trinajstić information content (AvgIpc) is 2.62. The molecule has 3 heterocycles. The molecular weight excluding hydrogens is 318 g/mol. The lowest BCUT2D eigenvalue weighted by Crippen LogP contribution is -2.56. The highest BCUT2D eigenvalue weighted by atomic mass is 16.5. The first-order chi connectivity index (χ1) is 12.1. The van der Waals surface area contributed by atoms with Crippen molar-refractivity contribution >= 4 is 5.91 Å². The number of aromatic nitrogens is 1. The summed E-state index contributed by atoms with van der Waals surface area (Å²) in [5.74, 6) is 0.00540. The molecule has 2 aliphatic heterocycles. The molecule has 1 aromatic heterocycles. The van der Waals surface area contributed by atoms with Gasteiger partial charge in [-0.3, -0.25) is 14.7 Å². The van der Waals surface area contributed by atoms with Crippen LogP contribution in [0.2, 0.25) is 0 Å². The van der Waals surface area contributed by atoms with Crippen LogP contribution in [-0.4, -0.2) is 73.8 Å². The Morgan fingerprint density at radius 3 is 3.12 bits per heavy atom. The third kappa shape index (κ3) is 4.57. The Bertz CT molecular complexity index is 566. The third-order valence-electron chi connectivity index (χ3n) is 5.29. The van der Waals surface area contributed by atoms with Crippen LogP contribution in [-0.2, 0) is 20.8 Å². The Morgan fingerprint density at radius 2 is 2.36 bits per heavy atom. The van der Waals surface area contributed by atoms with Crippen molar-refractivity contribution < 1.29 is 14.3 Å². The predicted octanol–water partition coefficient (Wildman–Crippen LogP) is 1.56. The van der Waals surface area contributed by atoms with E-state index in [0.717, 1.165) is 51.2 Å². The molecule has 0 unspecified atom stereocenters. The third-order valence-corrected chi connectivity index (χ3v) is 5.29. The topological polar surface area (TPSA) is 54.9 Å². The zero-order valence-electron chi connectivity index (χ0n) is 15.3. The van der Waals surface area contributed by atoms with Crippen molar-refractivity contribution in [3.05, 3.63) is 30.1 Å². The molecule has 6 nitrogen and oxygen atoms in total. The van der Waals surface area contributed by atoms with Gasteiger partial charge in [-0.2, -0.15) is 0 Å². The van der Waals surface area contributed by atoms with Gasteiger partial charge in [0, 0.05) is 51.9 Å². The first-order valence-corrected chi connectivity index (χ1v) is 9.11. The van der Waals surface area contributed by atoms with Gasteiger partial charge in [0.25, 0.3) is 0 Å². The summed E-state index contributed by atoms with van der Waals surface area (Å²) in [5, 5.41) is 0. The molecule has 25 heavy (non-hydrogen) atoms. The number of hydrogen-bond acceptors (Lipinski definition) is 5. The summed E-state index contributed by atoms with van der Waals surface area (Å²) in [6.07, 6.45) is 5.23. The van der Waals surface area contributed by atoms with Gasteiger partial charge in [-0.05, 0) is 31.4 Å². The maximum atomic E-state index is 11.8. The Hall–Kier alpha value is -1.50. The molecule has 1 aromatic rings. The summed E-state index contributed by atoms with van der Waals surface area (Å²) < 4.78 is 11.9. The molecule has 6 heteroatoms. The number of piperidine rings is 1. The van der Waals surface area contributed by atoms with Crippen LogP contribution in [0.15, 0.2) is 24.4 Å². The summed E-state index contributed by atoms with van der Waals surface area (Å²) in [7, 11) is 3.51. The van der Waals surface area contributed by atoms with E-state index in [1.165, 1.54) is 0 Å². The largest absolute Gasteiger partial charge is 0.377 e. The maximum absolute atomic E-state index is 11.8. The minimum absolute atomic E-state index is 0.00540.